The van der Waals surface area contributed by atoms with Gasteiger partial charge in [-0.15, -0.1) is 0 Å². The highest BCUT2D eigenvalue weighted by atomic mass is 35.5. The van der Waals surface area contributed by atoms with Crippen LogP contribution >= 0.6 is 11.6 Å². The maximum absolute atomic E-state index is 13.5. The summed E-state index contributed by atoms with van der Waals surface area (Å²) in [5, 5.41) is 4.19. The van der Waals surface area contributed by atoms with Crippen LogP contribution in [0.2, 0.25) is 5.02 Å². The highest BCUT2D eigenvalue weighted by molar-refractivity contribution is 6.33. The topological polar surface area (TPSA) is 50.8 Å². The number of nitrogens with one attached hydrogen (secondary N) is 1. The number of hydrogen-bond acceptors (Lipinski definition) is 5. The number of halogens is 1. The van der Waals surface area contributed by atoms with Crippen molar-refractivity contribution in [1.82, 2.24) is 0 Å². The average molecular weight is 573 g/mol. The van der Waals surface area contributed by atoms with Gasteiger partial charge in [-0.25, -0.2) is 4.79 Å². The quantitative estimate of drug-likeness (QED) is 0.198. The molecular weight excluding hydrogens is 544 g/mol. The molecule has 2 heterocycles. The third-order valence-electron chi connectivity index (χ3n) is 8.22. The van der Waals surface area contributed by atoms with Crippen LogP contribution in [0.25, 0.3) is 0 Å². The lowest BCUT2D eigenvalue weighted by atomic mass is 9.76. The standard InChI is InChI=1S/C36H29ClN2O3/c1-24(25-12-3-2-4-13-25)39(23-22-38-30-18-9-8-17-29(30)37)31-19-11-21-33-34(31)36(28-16-7-10-20-32(28)41-33)27-15-6-5-14-26(27)35(40)42-36/h2-21,24,38H,22-23H2,1H3. The molecule has 0 radical (unpaired) electrons. The van der Waals surface area contributed by atoms with Crippen molar-refractivity contribution >= 4 is 28.9 Å². The minimum atomic E-state index is -1.15. The molecule has 2 aliphatic heterocycles. The van der Waals surface area contributed by atoms with Crippen LogP contribution in [0.1, 0.15) is 45.6 Å². The zero-order chi connectivity index (χ0) is 28.7. The highest BCUT2D eigenvalue weighted by Gasteiger charge is 2.55. The molecule has 0 aromatic heterocycles. The molecule has 0 bridgehead atoms. The van der Waals surface area contributed by atoms with E-state index in [1.165, 1.54) is 5.56 Å². The van der Waals surface area contributed by atoms with Crippen LogP contribution in [-0.2, 0) is 10.3 Å². The summed E-state index contributed by atoms with van der Waals surface area (Å²) in [6.45, 7) is 3.47. The first kappa shape index (κ1) is 26.2. The Hall–Kier alpha value is -4.74. The molecule has 7 rings (SSSR count). The van der Waals surface area contributed by atoms with Gasteiger partial charge in [-0.2, -0.15) is 0 Å². The summed E-state index contributed by atoms with van der Waals surface area (Å²) >= 11 is 6.46. The molecule has 2 atom stereocenters. The summed E-state index contributed by atoms with van der Waals surface area (Å²) in [7, 11) is 0. The smallest absolute Gasteiger partial charge is 0.340 e. The van der Waals surface area contributed by atoms with Crippen molar-refractivity contribution in [1.29, 1.82) is 0 Å². The number of para-hydroxylation sites is 2. The second-order valence-corrected chi connectivity index (χ2v) is 11.0. The maximum atomic E-state index is 13.5. The van der Waals surface area contributed by atoms with Crippen molar-refractivity contribution in [3.8, 4) is 11.5 Å². The number of carbonyl (C=O) groups is 1. The normalized spacial score (nSPS) is 17.0. The van der Waals surface area contributed by atoms with Crippen LogP contribution in [0, 0.1) is 0 Å². The van der Waals surface area contributed by atoms with Crippen molar-refractivity contribution in [3.63, 3.8) is 0 Å². The van der Waals surface area contributed by atoms with Gasteiger partial charge in [0.1, 0.15) is 11.5 Å². The van der Waals surface area contributed by atoms with Gasteiger partial charge in [-0.1, -0.05) is 96.5 Å². The lowest BCUT2D eigenvalue weighted by molar-refractivity contribution is 0.0225. The van der Waals surface area contributed by atoms with Crippen molar-refractivity contribution in [2.75, 3.05) is 23.3 Å². The van der Waals surface area contributed by atoms with Gasteiger partial charge in [-0.3, -0.25) is 0 Å². The molecule has 0 saturated carbocycles. The molecule has 42 heavy (non-hydrogen) atoms. The van der Waals surface area contributed by atoms with Crippen LogP contribution in [0.5, 0.6) is 11.5 Å². The Balaban J connectivity index is 1.40. The van der Waals surface area contributed by atoms with Crippen molar-refractivity contribution in [2.24, 2.45) is 0 Å². The van der Waals surface area contributed by atoms with Crippen molar-refractivity contribution in [3.05, 3.63) is 154 Å². The van der Waals surface area contributed by atoms with Crippen LogP contribution in [0.15, 0.2) is 121 Å². The number of carbonyl (C=O) groups excluding carboxylic acids is 1. The lowest BCUT2D eigenvalue weighted by Gasteiger charge is -2.41. The first-order valence-corrected chi connectivity index (χ1v) is 14.5. The van der Waals surface area contributed by atoms with E-state index in [0.29, 0.717) is 35.2 Å². The first-order valence-electron chi connectivity index (χ1n) is 14.1. The highest BCUT2D eigenvalue weighted by Crippen LogP contribution is 2.58. The third-order valence-corrected chi connectivity index (χ3v) is 8.55. The molecule has 5 nitrogen and oxygen atoms in total. The maximum Gasteiger partial charge on any atom is 0.340 e. The molecule has 6 heteroatoms. The Morgan fingerprint density at radius 2 is 1.48 bits per heavy atom. The predicted octanol–water partition coefficient (Wildman–Crippen LogP) is 8.59. The van der Waals surface area contributed by atoms with Gasteiger partial charge in [0.2, 0.25) is 0 Å². The third kappa shape index (κ3) is 4.20. The summed E-state index contributed by atoms with van der Waals surface area (Å²) in [5.74, 6) is 1.00. The Labute approximate surface area is 250 Å². The molecule has 1 N–H and O–H groups in total. The molecule has 5 aromatic carbocycles. The summed E-state index contributed by atoms with van der Waals surface area (Å²) < 4.78 is 13.0. The molecule has 1 spiro atoms. The van der Waals surface area contributed by atoms with Crippen LogP contribution in [0.3, 0.4) is 0 Å². The molecule has 0 aliphatic carbocycles. The van der Waals surface area contributed by atoms with Gasteiger partial charge >= 0.3 is 5.97 Å². The largest absolute Gasteiger partial charge is 0.456 e. The van der Waals surface area contributed by atoms with Crippen LogP contribution < -0.4 is 15.0 Å². The number of fused-ring (bicyclic) bond motifs is 6. The van der Waals surface area contributed by atoms with Gasteiger partial charge in [0, 0.05) is 29.9 Å². The van der Waals surface area contributed by atoms with E-state index in [1.54, 1.807) is 0 Å². The Morgan fingerprint density at radius 3 is 2.31 bits per heavy atom. The van der Waals surface area contributed by atoms with E-state index >= 15 is 0 Å². The number of rotatable bonds is 7. The zero-order valence-electron chi connectivity index (χ0n) is 23.1. The van der Waals surface area contributed by atoms with E-state index in [1.807, 2.05) is 91.0 Å². The molecule has 0 amide bonds. The molecular formula is C36H29ClN2O3. The summed E-state index contributed by atoms with van der Waals surface area (Å²) in [6, 6.07) is 39.7. The molecule has 0 fully saturated rings. The van der Waals surface area contributed by atoms with Crippen molar-refractivity contribution < 1.29 is 14.3 Å². The molecule has 5 aromatic rings. The first-order chi connectivity index (χ1) is 20.6. The molecule has 0 saturated heterocycles. The minimum absolute atomic E-state index is 0.00712. The number of hydrogen-bond donors (Lipinski definition) is 1. The SMILES string of the molecule is CC(c1ccccc1)N(CCNc1ccccc1Cl)c1cccc2c1C1(OC(=O)c3ccccc31)c1ccccc1O2. The molecule has 2 unspecified atom stereocenters. The van der Waals surface area contributed by atoms with Gasteiger partial charge in [0.15, 0.2) is 5.60 Å². The van der Waals surface area contributed by atoms with E-state index in [2.05, 4.69) is 47.5 Å². The van der Waals surface area contributed by atoms with Crippen molar-refractivity contribution in [2.45, 2.75) is 18.6 Å². The van der Waals surface area contributed by atoms with Crippen LogP contribution in [0.4, 0.5) is 11.4 Å². The number of nitrogens with zero attached hydrogens (tertiary/aromatic N) is 1. The lowest BCUT2D eigenvalue weighted by Crippen LogP contribution is -2.38. The second kappa shape index (κ2) is 10.6. The number of ether oxygens (including phenoxy) is 2. The van der Waals surface area contributed by atoms with E-state index < -0.39 is 5.60 Å². The Bertz CT molecular complexity index is 1790. The predicted molar refractivity (Wildman–Crippen MR) is 167 cm³/mol. The number of anilines is 2. The van der Waals surface area contributed by atoms with Gasteiger partial charge in [0.05, 0.1) is 27.9 Å². The van der Waals surface area contributed by atoms with Crippen LogP contribution in [-0.4, -0.2) is 19.1 Å². The fourth-order valence-electron chi connectivity index (χ4n) is 6.25. The van der Waals surface area contributed by atoms with Gasteiger partial charge < -0.3 is 19.7 Å². The van der Waals surface area contributed by atoms with E-state index in [9.17, 15) is 4.79 Å². The summed E-state index contributed by atoms with van der Waals surface area (Å²) in [4.78, 5) is 15.8. The Morgan fingerprint density at radius 1 is 0.786 bits per heavy atom. The van der Waals surface area contributed by atoms with E-state index in [-0.39, 0.29) is 12.0 Å². The summed E-state index contributed by atoms with van der Waals surface area (Å²) in [6.07, 6.45) is 0. The van der Waals surface area contributed by atoms with E-state index in [4.69, 9.17) is 21.1 Å². The van der Waals surface area contributed by atoms with E-state index in [0.717, 1.165) is 28.1 Å². The molecule has 2 aliphatic rings. The minimum Gasteiger partial charge on any atom is -0.456 e. The zero-order valence-corrected chi connectivity index (χ0v) is 23.8. The average Bonchev–Trinajstić information content (AvgIpc) is 3.32. The van der Waals surface area contributed by atoms with Gasteiger partial charge in [0.25, 0.3) is 0 Å². The monoisotopic (exact) mass is 572 g/mol. The Kier molecular flexibility index (Phi) is 6.60. The number of benzene rings is 5. The molecule has 208 valence electrons. The second-order valence-electron chi connectivity index (χ2n) is 10.6. The number of esters is 1. The fraction of sp³-hybridized carbons (Fsp3) is 0.139. The fourth-order valence-corrected chi connectivity index (χ4v) is 6.45. The van der Waals surface area contributed by atoms with Gasteiger partial charge in [-0.05, 0) is 48.9 Å². The summed E-state index contributed by atoms with van der Waals surface area (Å²) in [5.41, 5.74) is 4.85.